The van der Waals surface area contributed by atoms with E-state index in [1.165, 1.54) is 0 Å². The van der Waals surface area contributed by atoms with E-state index in [2.05, 4.69) is 29.4 Å². The van der Waals surface area contributed by atoms with Crippen LogP contribution < -0.4 is 0 Å². The fourth-order valence-electron chi connectivity index (χ4n) is 0.576. The van der Waals surface area contributed by atoms with Gasteiger partial charge in [0.25, 0.3) is 15.3 Å². The molecule has 0 spiro atoms. The fraction of sp³-hybridized carbons (Fsp3) is 0.200. The summed E-state index contributed by atoms with van der Waals surface area (Å²) in [6, 6.07) is 0. The summed E-state index contributed by atoms with van der Waals surface area (Å²) in [7, 11) is -4.24. The van der Waals surface area contributed by atoms with E-state index in [1.54, 1.807) is 0 Å². The maximum Gasteiger partial charge on any atom is 0.290 e. The van der Waals surface area contributed by atoms with Crippen LogP contribution in [0, 0.1) is 0 Å². The fourth-order valence-corrected chi connectivity index (χ4v) is 1.03. The van der Waals surface area contributed by atoms with Crippen molar-refractivity contribution in [2.75, 3.05) is 0 Å². The lowest BCUT2D eigenvalue weighted by Gasteiger charge is -1.95. The Morgan fingerprint density at radius 1 is 1.62 bits per heavy atom. The van der Waals surface area contributed by atoms with Gasteiger partial charge >= 0.3 is 0 Å². The van der Waals surface area contributed by atoms with Gasteiger partial charge in [0.15, 0.2) is 0 Å². The van der Waals surface area contributed by atoms with Crippen LogP contribution in [0.15, 0.2) is 21.1 Å². The summed E-state index contributed by atoms with van der Waals surface area (Å²) in [6.45, 7) is 3.14. The maximum atomic E-state index is 10.5. The van der Waals surface area contributed by atoms with Crippen molar-refractivity contribution in [3.63, 3.8) is 0 Å². The summed E-state index contributed by atoms with van der Waals surface area (Å²) >= 11 is 3.72. The molecule has 0 aliphatic rings. The Kier molecular flexibility index (Phi) is 2.74. The number of nitrogens with zero attached hydrogens (tertiary/aromatic N) is 2. The lowest BCUT2D eigenvalue weighted by atomic mass is 10.4. The highest BCUT2D eigenvalue weighted by Crippen LogP contribution is 2.11. The minimum Gasteiger partial charge on any atom is -0.416 e. The molecule has 1 rings (SSSR count). The molecule has 0 aromatic carbocycles. The average molecular weight is 222 g/mol. The zero-order chi connectivity index (χ0) is 10.1. The summed E-state index contributed by atoms with van der Waals surface area (Å²) in [5.74, 6) is 0.0348. The van der Waals surface area contributed by atoms with Gasteiger partial charge in [0.1, 0.15) is 0 Å². The minimum atomic E-state index is -4.24. The molecule has 6 nitrogen and oxygen atoms in total. The molecule has 0 saturated carbocycles. The van der Waals surface area contributed by atoms with Gasteiger partial charge in [-0.3, -0.25) is 4.55 Å². The Balaban J connectivity index is 2.77. The van der Waals surface area contributed by atoms with E-state index in [9.17, 15) is 8.42 Å². The normalized spacial score (nSPS) is 11.5. The van der Waals surface area contributed by atoms with E-state index >= 15 is 0 Å². The van der Waals surface area contributed by atoms with Gasteiger partial charge in [0.05, 0.1) is 11.3 Å². The van der Waals surface area contributed by atoms with Crippen LogP contribution >= 0.6 is 12.6 Å². The minimum absolute atomic E-state index is 0.0261. The Morgan fingerprint density at radius 2 is 2.23 bits per heavy atom. The van der Waals surface area contributed by atoms with Gasteiger partial charge in [-0.2, -0.15) is 8.42 Å². The number of aromatic nitrogens is 2. The number of hydrogen-bond acceptors (Lipinski definition) is 6. The van der Waals surface area contributed by atoms with Gasteiger partial charge in [-0.25, -0.2) is 0 Å². The molecule has 13 heavy (non-hydrogen) atoms. The van der Waals surface area contributed by atoms with Crippen molar-refractivity contribution in [2.24, 2.45) is 0 Å². The Bertz CT molecular complexity index is 421. The first-order chi connectivity index (χ1) is 5.89. The van der Waals surface area contributed by atoms with Crippen molar-refractivity contribution in [1.82, 2.24) is 10.2 Å². The molecular weight excluding hydrogens is 216 g/mol. The van der Waals surface area contributed by atoms with Crippen molar-refractivity contribution >= 4 is 22.7 Å². The number of allylic oxidation sites excluding steroid dienone is 1. The highest BCUT2D eigenvalue weighted by atomic mass is 32.2. The summed E-state index contributed by atoms with van der Waals surface area (Å²) in [6.07, 6.45) is -0.216. The van der Waals surface area contributed by atoms with E-state index in [0.29, 0.717) is 0 Å². The predicted molar refractivity (Wildman–Crippen MR) is 45.9 cm³/mol. The predicted octanol–water partition coefficient (Wildman–Crippen LogP) is 0.302. The first-order valence-corrected chi connectivity index (χ1v) is 4.95. The molecule has 0 atom stereocenters. The summed E-state index contributed by atoms with van der Waals surface area (Å²) < 4.78 is 34.3. The van der Waals surface area contributed by atoms with Crippen molar-refractivity contribution in [3.05, 3.63) is 17.4 Å². The first-order valence-electron chi connectivity index (χ1n) is 3.06. The smallest absolute Gasteiger partial charge is 0.290 e. The molecule has 0 aliphatic heterocycles. The molecule has 0 unspecified atom stereocenters. The Hall–Kier alpha value is -0.860. The molecule has 1 aromatic rings. The van der Waals surface area contributed by atoms with Crippen LogP contribution in [0.4, 0.5) is 0 Å². The van der Waals surface area contributed by atoms with Gasteiger partial charge in [0, 0.05) is 0 Å². The topological polar surface area (TPSA) is 93.3 Å². The third-order valence-electron chi connectivity index (χ3n) is 1.17. The van der Waals surface area contributed by atoms with Crippen LogP contribution in [0.25, 0.3) is 0 Å². The molecule has 72 valence electrons. The lowest BCUT2D eigenvalue weighted by Crippen LogP contribution is -2.03. The molecule has 0 aliphatic carbocycles. The van der Waals surface area contributed by atoms with Crippen LogP contribution in [0.3, 0.4) is 0 Å². The van der Waals surface area contributed by atoms with Gasteiger partial charge in [0.2, 0.25) is 5.89 Å². The first kappa shape index (κ1) is 10.2. The largest absolute Gasteiger partial charge is 0.416 e. The molecule has 0 radical (unpaired) electrons. The SMILES string of the molecule is C=C(Cc1nnc(S)o1)S(=O)(=O)O. The highest BCUT2D eigenvalue weighted by molar-refractivity contribution is 7.89. The zero-order valence-electron chi connectivity index (χ0n) is 6.34. The van der Waals surface area contributed by atoms with E-state index < -0.39 is 15.0 Å². The van der Waals surface area contributed by atoms with Gasteiger partial charge in [-0.1, -0.05) is 19.2 Å². The molecule has 0 amide bonds. The number of rotatable bonds is 3. The van der Waals surface area contributed by atoms with Crippen LogP contribution in [-0.4, -0.2) is 23.2 Å². The van der Waals surface area contributed by atoms with Gasteiger partial charge in [-0.05, 0) is 0 Å². The molecule has 1 aromatic heterocycles. The van der Waals surface area contributed by atoms with Crippen molar-refractivity contribution in [2.45, 2.75) is 11.6 Å². The van der Waals surface area contributed by atoms with Crippen molar-refractivity contribution in [3.8, 4) is 0 Å². The molecule has 8 heteroatoms. The third kappa shape index (κ3) is 2.83. The van der Waals surface area contributed by atoms with E-state index in [0.717, 1.165) is 0 Å². The van der Waals surface area contributed by atoms with E-state index in [1.807, 2.05) is 0 Å². The number of hydrogen-bond donors (Lipinski definition) is 2. The molecule has 0 fully saturated rings. The van der Waals surface area contributed by atoms with Crippen molar-refractivity contribution in [1.29, 1.82) is 0 Å². The lowest BCUT2D eigenvalue weighted by molar-refractivity contribution is 0.420. The average Bonchev–Trinajstić information content (AvgIpc) is 2.33. The molecule has 1 heterocycles. The van der Waals surface area contributed by atoms with Crippen LogP contribution in [0.5, 0.6) is 0 Å². The second-order valence-electron chi connectivity index (χ2n) is 2.17. The van der Waals surface area contributed by atoms with Crippen LogP contribution in [0.1, 0.15) is 5.89 Å². The van der Waals surface area contributed by atoms with E-state index in [4.69, 9.17) is 8.97 Å². The molecule has 0 saturated heterocycles. The summed E-state index contributed by atoms with van der Waals surface area (Å²) in [5, 5.41) is 6.85. The summed E-state index contributed by atoms with van der Waals surface area (Å²) in [4.78, 5) is -0.399. The molecule has 0 bridgehead atoms. The Labute approximate surface area is 79.8 Å². The van der Waals surface area contributed by atoms with Crippen LogP contribution in [0.2, 0.25) is 0 Å². The standard InChI is InChI=1S/C5H6N2O4S2/c1-3(13(8,9)10)2-4-6-7-5(12)11-4/h1-2H2,(H,7,12)(H,8,9,10). The monoisotopic (exact) mass is 222 g/mol. The maximum absolute atomic E-state index is 10.5. The summed E-state index contributed by atoms with van der Waals surface area (Å²) in [5.41, 5.74) is 0. The van der Waals surface area contributed by atoms with Crippen molar-refractivity contribution < 1.29 is 17.4 Å². The quantitative estimate of drug-likeness (QED) is 0.564. The second-order valence-corrected chi connectivity index (χ2v) is 4.08. The second kappa shape index (κ2) is 3.48. The Morgan fingerprint density at radius 3 is 2.62 bits per heavy atom. The van der Waals surface area contributed by atoms with Crippen LogP contribution in [-0.2, 0) is 16.5 Å². The highest BCUT2D eigenvalue weighted by Gasteiger charge is 2.14. The van der Waals surface area contributed by atoms with E-state index in [-0.39, 0.29) is 17.5 Å². The zero-order valence-corrected chi connectivity index (χ0v) is 8.05. The number of thiol groups is 1. The molecule has 1 N–H and O–H groups in total. The van der Waals surface area contributed by atoms with Gasteiger partial charge < -0.3 is 4.42 Å². The van der Waals surface area contributed by atoms with Gasteiger partial charge in [-0.15, -0.1) is 10.2 Å². The molecular formula is C5H6N2O4S2. The third-order valence-corrected chi connectivity index (χ3v) is 2.22.